The molecule has 1 aromatic carbocycles. The molecule has 1 rings (SSSR count). The van der Waals surface area contributed by atoms with Crippen molar-refractivity contribution in [2.24, 2.45) is 0 Å². The highest BCUT2D eigenvalue weighted by atomic mass is 16.6. The van der Waals surface area contributed by atoms with Gasteiger partial charge in [0.05, 0.1) is 6.61 Å². The number of esters is 1. The molecule has 0 heterocycles. The molecule has 17 heavy (non-hydrogen) atoms. The number of aromatic hydroxyl groups is 1. The molecule has 0 saturated carbocycles. The van der Waals surface area contributed by atoms with Gasteiger partial charge in [-0.15, -0.1) is 0 Å². The fourth-order valence-electron chi connectivity index (χ4n) is 1.62. The van der Waals surface area contributed by atoms with Gasteiger partial charge < -0.3 is 14.6 Å². The van der Waals surface area contributed by atoms with E-state index < -0.39 is 11.6 Å². The summed E-state index contributed by atoms with van der Waals surface area (Å²) in [5.74, 6) is -0.356. The molecule has 4 nitrogen and oxygen atoms in total. The molecule has 1 atom stereocenters. The summed E-state index contributed by atoms with van der Waals surface area (Å²) in [6, 6.07) is 6.45. The number of phenols is 1. The van der Waals surface area contributed by atoms with Gasteiger partial charge in [0.25, 0.3) is 0 Å². The first-order valence-electron chi connectivity index (χ1n) is 5.65. The van der Waals surface area contributed by atoms with Crippen LogP contribution in [-0.4, -0.2) is 24.3 Å². The summed E-state index contributed by atoms with van der Waals surface area (Å²) in [5, 5.41) is 9.45. The quantitative estimate of drug-likeness (QED) is 0.799. The van der Waals surface area contributed by atoms with E-state index in [9.17, 15) is 9.90 Å². The monoisotopic (exact) mass is 238 g/mol. The number of carbonyl (C=O) groups is 1. The summed E-state index contributed by atoms with van der Waals surface area (Å²) in [5.41, 5.74) is -0.596. The van der Waals surface area contributed by atoms with Gasteiger partial charge in [0.1, 0.15) is 5.75 Å². The van der Waals surface area contributed by atoms with Gasteiger partial charge in [0.15, 0.2) is 5.60 Å². The summed E-state index contributed by atoms with van der Waals surface area (Å²) in [6.45, 7) is 5.86. The zero-order valence-corrected chi connectivity index (χ0v) is 10.4. The van der Waals surface area contributed by atoms with Crippen LogP contribution in [0.4, 0.5) is 0 Å². The molecular weight excluding hydrogens is 220 g/mol. The maximum absolute atomic E-state index is 11.9. The second-order valence-electron chi connectivity index (χ2n) is 3.74. The van der Waals surface area contributed by atoms with Crippen LogP contribution in [0.3, 0.4) is 0 Å². The Morgan fingerprint density at radius 2 is 2.06 bits per heavy atom. The van der Waals surface area contributed by atoms with Crippen molar-refractivity contribution in [3.8, 4) is 5.75 Å². The van der Waals surface area contributed by atoms with E-state index >= 15 is 0 Å². The van der Waals surface area contributed by atoms with Crippen molar-refractivity contribution in [2.75, 3.05) is 13.2 Å². The van der Waals surface area contributed by atoms with E-state index in [0.717, 1.165) is 0 Å². The summed E-state index contributed by atoms with van der Waals surface area (Å²) < 4.78 is 10.5. The molecule has 0 spiro atoms. The third-order valence-electron chi connectivity index (χ3n) is 2.49. The Balaban J connectivity index is 3.10. The Morgan fingerprint density at radius 3 is 2.59 bits per heavy atom. The largest absolute Gasteiger partial charge is 0.508 e. The summed E-state index contributed by atoms with van der Waals surface area (Å²) >= 11 is 0. The Morgan fingerprint density at radius 1 is 1.35 bits per heavy atom. The maximum Gasteiger partial charge on any atom is 0.342 e. The van der Waals surface area contributed by atoms with Crippen LogP contribution in [0.5, 0.6) is 5.75 Å². The predicted molar refractivity (Wildman–Crippen MR) is 63.7 cm³/mol. The first-order chi connectivity index (χ1) is 8.04. The molecule has 1 unspecified atom stereocenters. The van der Waals surface area contributed by atoms with Gasteiger partial charge in [-0.25, -0.2) is 4.79 Å². The summed E-state index contributed by atoms with van der Waals surface area (Å²) in [4.78, 5) is 11.9. The van der Waals surface area contributed by atoms with Crippen molar-refractivity contribution in [2.45, 2.75) is 26.4 Å². The molecular formula is C13H18O4. The van der Waals surface area contributed by atoms with E-state index in [4.69, 9.17) is 9.47 Å². The van der Waals surface area contributed by atoms with Gasteiger partial charge in [0, 0.05) is 6.61 Å². The standard InChI is InChI=1S/C13H18O4/c1-4-16-12(15)13(3,17-5-2)10-7-6-8-11(14)9-10/h6-9,14H,4-5H2,1-3H3. The molecule has 4 heteroatoms. The van der Waals surface area contributed by atoms with E-state index in [-0.39, 0.29) is 5.75 Å². The third kappa shape index (κ3) is 2.97. The predicted octanol–water partition coefficient (Wildman–Crippen LogP) is 2.21. The van der Waals surface area contributed by atoms with Crippen molar-refractivity contribution in [1.82, 2.24) is 0 Å². The smallest absolute Gasteiger partial charge is 0.342 e. The second-order valence-corrected chi connectivity index (χ2v) is 3.74. The fraction of sp³-hybridized carbons (Fsp3) is 0.462. The van der Waals surface area contributed by atoms with E-state index in [1.54, 1.807) is 39.0 Å². The maximum atomic E-state index is 11.9. The minimum atomic E-state index is -1.18. The summed E-state index contributed by atoms with van der Waals surface area (Å²) in [6.07, 6.45) is 0. The molecule has 0 aliphatic carbocycles. The Bertz CT molecular complexity index is 389. The Hall–Kier alpha value is -1.55. The highest BCUT2D eigenvalue weighted by molar-refractivity contribution is 5.81. The number of benzene rings is 1. The molecule has 1 N–H and O–H groups in total. The molecule has 0 aromatic heterocycles. The molecule has 0 bridgehead atoms. The van der Waals surface area contributed by atoms with Crippen LogP contribution < -0.4 is 0 Å². The van der Waals surface area contributed by atoms with Crippen molar-refractivity contribution >= 4 is 5.97 Å². The lowest BCUT2D eigenvalue weighted by atomic mass is 9.95. The lowest BCUT2D eigenvalue weighted by Crippen LogP contribution is -2.37. The number of hydrogen-bond donors (Lipinski definition) is 1. The molecule has 0 fully saturated rings. The first-order valence-corrected chi connectivity index (χ1v) is 5.65. The molecule has 1 aromatic rings. The highest BCUT2D eigenvalue weighted by Gasteiger charge is 2.37. The van der Waals surface area contributed by atoms with Crippen molar-refractivity contribution in [3.05, 3.63) is 29.8 Å². The van der Waals surface area contributed by atoms with Gasteiger partial charge in [-0.05, 0) is 38.5 Å². The molecule has 0 radical (unpaired) electrons. The minimum absolute atomic E-state index is 0.0951. The average molecular weight is 238 g/mol. The number of rotatable bonds is 5. The van der Waals surface area contributed by atoms with Crippen LogP contribution >= 0.6 is 0 Å². The number of phenolic OH excluding ortho intramolecular Hbond substituents is 1. The molecule has 0 saturated heterocycles. The Kier molecular flexibility index (Phi) is 4.52. The van der Waals surface area contributed by atoms with Gasteiger partial charge in [0.2, 0.25) is 0 Å². The van der Waals surface area contributed by atoms with Crippen molar-refractivity contribution in [3.63, 3.8) is 0 Å². The van der Waals surface area contributed by atoms with Gasteiger partial charge in [-0.2, -0.15) is 0 Å². The van der Waals surface area contributed by atoms with Crippen molar-refractivity contribution < 1.29 is 19.4 Å². The van der Waals surface area contributed by atoms with Crippen LogP contribution in [0.1, 0.15) is 26.3 Å². The van der Waals surface area contributed by atoms with Crippen LogP contribution in [0.25, 0.3) is 0 Å². The zero-order chi connectivity index (χ0) is 12.9. The lowest BCUT2D eigenvalue weighted by molar-refractivity contribution is -0.171. The van der Waals surface area contributed by atoms with Gasteiger partial charge >= 0.3 is 5.97 Å². The SMILES string of the molecule is CCOC(=O)C(C)(OCC)c1cccc(O)c1. The molecule has 0 amide bonds. The van der Waals surface area contributed by atoms with Crippen LogP contribution in [0, 0.1) is 0 Å². The molecule has 94 valence electrons. The van der Waals surface area contributed by atoms with Gasteiger partial charge in [-0.1, -0.05) is 12.1 Å². The highest BCUT2D eigenvalue weighted by Crippen LogP contribution is 2.29. The second kappa shape index (κ2) is 5.68. The van der Waals surface area contributed by atoms with E-state index in [1.807, 2.05) is 0 Å². The lowest BCUT2D eigenvalue weighted by Gasteiger charge is -2.27. The van der Waals surface area contributed by atoms with E-state index in [1.165, 1.54) is 6.07 Å². The van der Waals surface area contributed by atoms with Crippen LogP contribution in [-0.2, 0) is 19.9 Å². The number of hydrogen-bond acceptors (Lipinski definition) is 4. The molecule has 0 aliphatic rings. The van der Waals surface area contributed by atoms with Crippen LogP contribution in [0.15, 0.2) is 24.3 Å². The van der Waals surface area contributed by atoms with Crippen molar-refractivity contribution in [1.29, 1.82) is 0 Å². The van der Waals surface area contributed by atoms with E-state index in [0.29, 0.717) is 18.8 Å². The Labute approximate surface area is 101 Å². The normalized spacial score (nSPS) is 14.1. The zero-order valence-electron chi connectivity index (χ0n) is 10.4. The minimum Gasteiger partial charge on any atom is -0.508 e. The first kappa shape index (κ1) is 13.5. The summed E-state index contributed by atoms with van der Waals surface area (Å²) in [7, 11) is 0. The third-order valence-corrected chi connectivity index (χ3v) is 2.49. The van der Waals surface area contributed by atoms with E-state index in [2.05, 4.69) is 0 Å². The molecule has 0 aliphatic heterocycles. The topological polar surface area (TPSA) is 55.8 Å². The average Bonchev–Trinajstić information content (AvgIpc) is 2.29. The van der Waals surface area contributed by atoms with Gasteiger partial charge in [-0.3, -0.25) is 0 Å². The van der Waals surface area contributed by atoms with Crippen LogP contribution in [0.2, 0.25) is 0 Å². The fourth-order valence-corrected chi connectivity index (χ4v) is 1.62. The number of ether oxygens (including phenoxy) is 2. The number of carbonyl (C=O) groups excluding carboxylic acids is 1.